The van der Waals surface area contributed by atoms with Crippen LogP contribution < -0.4 is 11.5 Å². The maximum absolute atomic E-state index is 10.9. The lowest BCUT2D eigenvalue weighted by atomic mass is 9.80. The highest BCUT2D eigenvalue weighted by atomic mass is 16.5. The molecule has 0 saturated carbocycles. The van der Waals surface area contributed by atoms with E-state index >= 15 is 0 Å². The van der Waals surface area contributed by atoms with Crippen LogP contribution in [0.3, 0.4) is 0 Å². The number of rotatable bonds is 3. The summed E-state index contributed by atoms with van der Waals surface area (Å²) in [7, 11) is 0. The van der Waals surface area contributed by atoms with E-state index < -0.39 is 11.4 Å². The summed E-state index contributed by atoms with van der Waals surface area (Å²) in [6, 6.07) is 0. The van der Waals surface area contributed by atoms with Gasteiger partial charge in [0.2, 0.25) is 5.91 Å². The third-order valence-electron chi connectivity index (χ3n) is 2.41. The second-order valence-electron chi connectivity index (χ2n) is 2.99. The normalized spacial score (nSPS) is 23.8. The van der Waals surface area contributed by atoms with Crippen molar-refractivity contribution in [2.24, 2.45) is 17.4 Å². The van der Waals surface area contributed by atoms with Gasteiger partial charge < -0.3 is 16.2 Å². The average Bonchev–Trinajstić information content (AvgIpc) is 1.83. The first kappa shape index (κ1) is 8.49. The monoisotopic (exact) mass is 158 g/mol. The molecule has 1 fully saturated rings. The molecule has 0 bridgehead atoms. The Morgan fingerprint density at radius 1 is 1.73 bits per heavy atom. The highest BCUT2D eigenvalue weighted by Gasteiger charge is 2.42. The van der Waals surface area contributed by atoms with Gasteiger partial charge in [-0.25, -0.2) is 0 Å². The topological polar surface area (TPSA) is 78.3 Å². The minimum absolute atomic E-state index is 0.116. The molecule has 1 rings (SSSR count). The summed E-state index contributed by atoms with van der Waals surface area (Å²) in [6.07, 6.45) is 0.580. The lowest BCUT2D eigenvalue weighted by Crippen LogP contribution is -2.62. The van der Waals surface area contributed by atoms with Crippen molar-refractivity contribution in [2.45, 2.75) is 18.9 Å². The molecule has 1 heterocycles. The Bertz CT molecular complexity index is 168. The fourth-order valence-electron chi connectivity index (χ4n) is 1.20. The molecule has 1 aliphatic rings. The van der Waals surface area contributed by atoms with Crippen LogP contribution in [0, 0.1) is 5.92 Å². The van der Waals surface area contributed by atoms with Crippen molar-refractivity contribution in [2.75, 3.05) is 13.2 Å². The summed E-state index contributed by atoms with van der Waals surface area (Å²) < 4.78 is 4.95. The van der Waals surface area contributed by atoms with E-state index in [4.69, 9.17) is 16.2 Å². The molecule has 0 aromatic rings. The zero-order chi connectivity index (χ0) is 8.48. The lowest BCUT2D eigenvalue weighted by molar-refractivity contribution is -0.135. The Labute approximate surface area is 65.9 Å². The van der Waals surface area contributed by atoms with Crippen LogP contribution in [0.25, 0.3) is 0 Å². The highest BCUT2D eigenvalue weighted by molar-refractivity contribution is 5.84. The van der Waals surface area contributed by atoms with Gasteiger partial charge in [-0.1, -0.05) is 6.92 Å². The average molecular weight is 158 g/mol. The number of hydrogen-bond acceptors (Lipinski definition) is 3. The van der Waals surface area contributed by atoms with Gasteiger partial charge in [0.05, 0.1) is 13.2 Å². The summed E-state index contributed by atoms with van der Waals surface area (Å²) in [4.78, 5) is 10.9. The first-order valence-electron chi connectivity index (χ1n) is 3.77. The predicted octanol–water partition coefficient (Wildman–Crippen LogP) is -0.774. The molecule has 1 amide bonds. The molecule has 0 aromatic heterocycles. The van der Waals surface area contributed by atoms with Crippen molar-refractivity contribution in [3.05, 3.63) is 0 Å². The first-order chi connectivity index (χ1) is 5.11. The molecule has 1 saturated heterocycles. The predicted molar refractivity (Wildman–Crippen MR) is 40.7 cm³/mol. The number of amides is 1. The van der Waals surface area contributed by atoms with E-state index in [0.717, 1.165) is 0 Å². The van der Waals surface area contributed by atoms with Gasteiger partial charge in [0.1, 0.15) is 5.54 Å². The molecular formula is C7H14N2O2. The largest absolute Gasteiger partial charge is 0.381 e. The third-order valence-corrected chi connectivity index (χ3v) is 2.41. The van der Waals surface area contributed by atoms with Crippen LogP contribution in [0.5, 0.6) is 0 Å². The molecule has 1 unspecified atom stereocenters. The Balaban J connectivity index is 2.65. The second-order valence-corrected chi connectivity index (χ2v) is 2.99. The Hall–Kier alpha value is -0.610. The van der Waals surface area contributed by atoms with E-state index in [-0.39, 0.29) is 5.92 Å². The van der Waals surface area contributed by atoms with Crippen molar-refractivity contribution in [1.29, 1.82) is 0 Å². The third kappa shape index (κ3) is 1.23. The number of ether oxygens (including phenoxy) is 1. The molecule has 4 N–H and O–H groups in total. The summed E-state index contributed by atoms with van der Waals surface area (Å²) in [6.45, 7) is 2.99. The van der Waals surface area contributed by atoms with Crippen LogP contribution >= 0.6 is 0 Å². The molecule has 0 radical (unpaired) electrons. The fourth-order valence-corrected chi connectivity index (χ4v) is 1.20. The Kier molecular flexibility index (Phi) is 2.15. The van der Waals surface area contributed by atoms with Crippen LogP contribution in [0.1, 0.15) is 13.3 Å². The SMILES string of the molecule is CCC(N)(C(N)=O)C1COC1. The smallest absolute Gasteiger partial charge is 0.237 e. The van der Waals surface area contributed by atoms with Gasteiger partial charge in [0.25, 0.3) is 0 Å². The number of carbonyl (C=O) groups excluding carboxylic acids is 1. The zero-order valence-electron chi connectivity index (χ0n) is 6.67. The maximum Gasteiger partial charge on any atom is 0.237 e. The molecule has 11 heavy (non-hydrogen) atoms. The van der Waals surface area contributed by atoms with E-state index in [1.807, 2.05) is 6.92 Å². The minimum Gasteiger partial charge on any atom is -0.381 e. The van der Waals surface area contributed by atoms with Crippen LogP contribution in [-0.2, 0) is 9.53 Å². The maximum atomic E-state index is 10.9. The summed E-state index contributed by atoms with van der Waals surface area (Å²) in [5, 5.41) is 0. The molecule has 4 nitrogen and oxygen atoms in total. The fraction of sp³-hybridized carbons (Fsp3) is 0.857. The van der Waals surface area contributed by atoms with Crippen molar-refractivity contribution < 1.29 is 9.53 Å². The molecule has 0 spiro atoms. The van der Waals surface area contributed by atoms with Crippen molar-refractivity contribution in [3.63, 3.8) is 0 Å². The quantitative estimate of drug-likeness (QED) is 0.566. The highest BCUT2D eigenvalue weighted by Crippen LogP contribution is 2.25. The summed E-state index contributed by atoms with van der Waals surface area (Å²) >= 11 is 0. The molecule has 1 aliphatic heterocycles. The number of hydrogen-bond donors (Lipinski definition) is 2. The molecule has 0 aromatic carbocycles. The minimum atomic E-state index is -0.849. The van der Waals surface area contributed by atoms with Gasteiger partial charge in [-0.15, -0.1) is 0 Å². The van der Waals surface area contributed by atoms with Crippen molar-refractivity contribution in [3.8, 4) is 0 Å². The van der Waals surface area contributed by atoms with Crippen molar-refractivity contribution >= 4 is 5.91 Å². The van der Waals surface area contributed by atoms with Gasteiger partial charge in [0.15, 0.2) is 0 Å². The van der Waals surface area contributed by atoms with Crippen LogP contribution in [0.4, 0.5) is 0 Å². The zero-order valence-corrected chi connectivity index (χ0v) is 6.67. The standard InChI is InChI=1S/C7H14N2O2/c1-2-7(9,6(8)10)5-3-11-4-5/h5H,2-4,9H2,1H3,(H2,8,10). The van der Waals surface area contributed by atoms with Crippen LogP contribution in [0.15, 0.2) is 0 Å². The van der Waals surface area contributed by atoms with E-state index in [0.29, 0.717) is 19.6 Å². The van der Waals surface area contributed by atoms with Gasteiger partial charge in [-0.3, -0.25) is 4.79 Å². The number of carbonyl (C=O) groups is 1. The van der Waals surface area contributed by atoms with Gasteiger partial charge in [-0.05, 0) is 6.42 Å². The molecular weight excluding hydrogens is 144 g/mol. The van der Waals surface area contributed by atoms with E-state index in [1.165, 1.54) is 0 Å². The van der Waals surface area contributed by atoms with Crippen molar-refractivity contribution in [1.82, 2.24) is 0 Å². The summed E-state index contributed by atoms with van der Waals surface area (Å²) in [5.74, 6) is -0.307. The Morgan fingerprint density at radius 2 is 2.27 bits per heavy atom. The molecule has 1 atom stereocenters. The van der Waals surface area contributed by atoms with E-state index in [9.17, 15) is 4.79 Å². The van der Waals surface area contributed by atoms with E-state index in [1.54, 1.807) is 0 Å². The van der Waals surface area contributed by atoms with Gasteiger partial charge in [-0.2, -0.15) is 0 Å². The Morgan fingerprint density at radius 3 is 2.36 bits per heavy atom. The first-order valence-corrected chi connectivity index (χ1v) is 3.77. The lowest BCUT2D eigenvalue weighted by Gasteiger charge is -2.39. The molecule has 4 heteroatoms. The van der Waals surface area contributed by atoms with Crippen LogP contribution in [0.2, 0.25) is 0 Å². The van der Waals surface area contributed by atoms with Crippen LogP contribution in [-0.4, -0.2) is 24.7 Å². The van der Waals surface area contributed by atoms with Gasteiger partial charge >= 0.3 is 0 Å². The van der Waals surface area contributed by atoms with E-state index in [2.05, 4.69) is 0 Å². The molecule has 64 valence electrons. The number of primary amides is 1. The summed E-state index contributed by atoms with van der Waals surface area (Å²) in [5.41, 5.74) is 10.1. The second kappa shape index (κ2) is 2.79. The number of nitrogens with two attached hydrogens (primary N) is 2. The molecule has 0 aliphatic carbocycles. The van der Waals surface area contributed by atoms with Gasteiger partial charge in [0, 0.05) is 5.92 Å².